The molecule has 0 aromatic heterocycles. The van der Waals surface area contributed by atoms with Crippen LogP contribution in [0.25, 0.3) is 0 Å². The van der Waals surface area contributed by atoms with Crippen molar-refractivity contribution in [2.45, 2.75) is 72.9 Å². The van der Waals surface area contributed by atoms with Gasteiger partial charge in [0.15, 0.2) is 17.3 Å². The molecule has 3 aliphatic rings. The summed E-state index contributed by atoms with van der Waals surface area (Å²) in [5.74, 6) is -7.08. The number of rotatable bonds is 9. The monoisotopic (exact) mass is 723 g/mol. The fourth-order valence-corrected chi connectivity index (χ4v) is 7.55. The van der Waals surface area contributed by atoms with Crippen LogP contribution in [0, 0.1) is 17.3 Å². The van der Waals surface area contributed by atoms with Crippen LogP contribution in [0.3, 0.4) is 0 Å². The highest BCUT2D eigenvalue weighted by molar-refractivity contribution is 6.26. The fourth-order valence-electron chi connectivity index (χ4n) is 7.55. The number of nitrogens with zero attached hydrogens (tertiary/aromatic N) is 2. The Bertz CT molecular complexity index is 1820. The van der Waals surface area contributed by atoms with E-state index in [2.05, 4.69) is 16.0 Å². The van der Waals surface area contributed by atoms with E-state index in [1.165, 1.54) is 14.0 Å². The SMILES string of the molecule is COc1c(NC(=O)CNC(C)(C)C)cc(N(C)C)c2c1C(=O)C1=C(OC(C)=O)[C@]3(C)C(=O)C(C(=O)NC(C)=O)=C(OC(C)=O)[C@@H](N(C)C)[C@@H]3C[C@@H]1C2. The van der Waals surface area contributed by atoms with Crippen LogP contribution in [-0.4, -0.2) is 99.6 Å². The summed E-state index contributed by atoms with van der Waals surface area (Å²) >= 11 is 0. The predicted molar refractivity (Wildman–Crippen MR) is 190 cm³/mol. The largest absolute Gasteiger partial charge is 0.494 e. The molecule has 0 spiro atoms. The zero-order valence-electron chi connectivity index (χ0n) is 31.9. The van der Waals surface area contributed by atoms with Crippen LogP contribution < -0.4 is 25.6 Å². The first-order valence-corrected chi connectivity index (χ1v) is 16.9. The molecule has 1 aromatic rings. The molecular weight excluding hydrogens is 674 g/mol. The summed E-state index contributed by atoms with van der Waals surface area (Å²) in [6.45, 7) is 10.6. The molecule has 0 radical (unpaired) electrons. The standard InChI is InChI=1S/C37H49N5O10/c1-17(43)39-35(49)28-32(51-18(2)44)29(42(10)11)22-14-20-13-21-24(41(8)9)15-23(40-25(46)16-38-36(4,5)6)31(50-12)27(21)30(47)26(20)34(52-19(3)45)37(22,7)33(28)48/h15,20,22,29,38H,13-14,16H2,1-12H3,(H,40,46)(H,39,43,49)/t20-,22-,29-,37-/m0/s1. The van der Waals surface area contributed by atoms with E-state index in [0.29, 0.717) is 11.3 Å². The molecule has 3 amide bonds. The van der Waals surface area contributed by atoms with Crippen LogP contribution in [0.1, 0.15) is 70.8 Å². The van der Waals surface area contributed by atoms with Gasteiger partial charge in [-0.05, 0) is 72.2 Å². The quantitative estimate of drug-likeness (QED) is 0.249. The van der Waals surface area contributed by atoms with Crippen LogP contribution in [-0.2, 0) is 44.7 Å². The lowest BCUT2D eigenvalue weighted by atomic mass is 9.54. The molecule has 3 N–H and O–H groups in total. The minimum atomic E-state index is -1.82. The van der Waals surface area contributed by atoms with Crippen LogP contribution in [0.15, 0.2) is 28.7 Å². The van der Waals surface area contributed by atoms with Crippen molar-refractivity contribution in [2.75, 3.05) is 52.1 Å². The number of methoxy groups -OCH3 is 1. The maximum atomic E-state index is 15.0. The van der Waals surface area contributed by atoms with E-state index < -0.39 is 64.2 Å². The van der Waals surface area contributed by atoms with Crippen molar-refractivity contribution in [3.8, 4) is 5.75 Å². The number of ether oxygens (including phenoxy) is 3. The minimum absolute atomic E-state index is 0.0178. The maximum Gasteiger partial charge on any atom is 0.307 e. The molecule has 0 aliphatic heterocycles. The zero-order chi connectivity index (χ0) is 39.2. The molecule has 15 nitrogen and oxygen atoms in total. The van der Waals surface area contributed by atoms with Crippen LogP contribution in [0.5, 0.6) is 5.75 Å². The van der Waals surface area contributed by atoms with Gasteiger partial charge in [-0.3, -0.25) is 43.8 Å². The molecule has 4 atom stereocenters. The third kappa shape index (κ3) is 7.37. The van der Waals surface area contributed by atoms with E-state index in [-0.39, 0.29) is 64.9 Å². The highest BCUT2D eigenvalue weighted by Gasteiger charge is 2.63. The second-order valence-corrected chi connectivity index (χ2v) is 15.1. The van der Waals surface area contributed by atoms with Crippen molar-refractivity contribution in [3.63, 3.8) is 0 Å². The average molecular weight is 724 g/mol. The van der Waals surface area contributed by atoms with Crippen LogP contribution >= 0.6 is 0 Å². The number of hydrogen-bond acceptors (Lipinski definition) is 13. The first kappa shape index (κ1) is 39.9. The summed E-state index contributed by atoms with van der Waals surface area (Å²) in [4.78, 5) is 97.3. The number of anilines is 2. The van der Waals surface area contributed by atoms with E-state index in [4.69, 9.17) is 14.2 Å². The summed E-state index contributed by atoms with van der Waals surface area (Å²) in [6.07, 6.45) is 0.422. The Labute approximate surface area is 303 Å². The van der Waals surface area contributed by atoms with Crippen molar-refractivity contribution in [3.05, 3.63) is 39.9 Å². The summed E-state index contributed by atoms with van der Waals surface area (Å²) in [5.41, 5.74) is -1.08. The first-order valence-electron chi connectivity index (χ1n) is 16.9. The Morgan fingerprint density at radius 2 is 1.60 bits per heavy atom. The van der Waals surface area contributed by atoms with Gasteiger partial charge in [0, 0.05) is 57.6 Å². The molecule has 0 saturated heterocycles. The predicted octanol–water partition coefficient (Wildman–Crippen LogP) is 2.28. The lowest BCUT2D eigenvalue weighted by Crippen LogP contribution is -2.59. The first-order chi connectivity index (χ1) is 24.0. The Morgan fingerprint density at radius 3 is 2.10 bits per heavy atom. The van der Waals surface area contributed by atoms with E-state index in [1.807, 2.05) is 25.7 Å². The number of allylic oxidation sites excluding steroid dienone is 2. The van der Waals surface area contributed by atoms with E-state index in [1.54, 1.807) is 39.2 Å². The summed E-state index contributed by atoms with van der Waals surface area (Å²) in [6, 6.07) is 0.827. The smallest absolute Gasteiger partial charge is 0.307 e. The Morgan fingerprint density at radius 1 is 0.981 bits per heavy atom. The van der Waals surface area contributed by atoms with Gasteiger partial charge in [0.1, 0.15) is 17.1 Å². The normalized spacial score (nSPS) is 22.6. The highest BCUT2D eigenvalue weighted by Crippen LogP contribution is 2.59. The fraction of sp³-hybridized carbons (Fsp3) is 0.541. The topological polar surface area (TPSA) is 190 Å². The lowest BCUT2D eigenvalue weighted by molar-refractivity contribution is -0.146. The number of esters is 2. The number of fused-ring (bicyclic) bond motifs is 3. The number of ketones is 2. The van der Waals surface area contributed by atoms with Crippen molar-refractivity contribution in [1.29, 1.82) is 0 Å². The number of amides is 3. The molecule has 1 aromatic carbocycles. The third-order valence-corrected chi connectivity index (χ3v) is 9.60. The summed E-state index contributed by atoms with van der Waals surface area (Å²) in [7, 11) is 8.34. The van der Waals surface area contributed by atoms with Gasteiger partial charge in [0.2, 0.25) is 11.8 Å². The average Bonchev–Trinajstić information content (AvgIpc) is 3.00. The summed E-state index contributed by atoms with van der Waals surface area (Å²) in [5, 5.41) is 8.10. The van der Waals surface area contributed by atoms with Crippen LogP contribution in [0.4, 0.5) is 11.4 Å². The van der Waals surface area contributed by atoms with Gasteiger partial charge in [-0.2, -0.15) is 0 Å². The number of hydrogen-bond donors (Lipinski definition) is 3. The molecule has 0 unspecified atom stereocenters. The van der Waals surface area contributed by atoms with Crippen molar-refractivity contribution >= 4 is 52.6 Å². The molecule has 52 heavy (non-hydrogen) atoms. The van der Waals surface area contributed by atoms with Crippen molar-refractivity contribution < 1.29 is 47.8 Å². The van der Waals surface area contributed by atoms with Gasteiger partial charge in [-0.15, -0.1) is 0 Å². The minimum Gasteiger partial charge on any atom is -0.494 e. The van der Waals surface area contributed by atoms with Gasteiger partial charge >= 0.3 is 11.9 Å². The number of Topliss-reactive ketones (excluding diaryl/α,β-unsaturated/α-hetero) is 2. The van der Waals surface area contributed by atoms with Crippen LogP contribution in [0.2, 0.25) is 0 Å². The number of carbonyl (C=O) groups is 7. The van der Waals surface area contributed by atoms with Gasteiger partial charge in [0.05, 0.1) is 36.4 Å². The van der Waals surface area contributed by atoms with Gasteiger partial charge < -0.3 is 29.7 Å². The zero-order valence-corrected chi connectivity index (χ0v) is 31.9. The molecule has 4 rings (SSSR count). The Hall–Kier alpha value is -4.89. The van der Waals surface area contributed by atoms with Crippen molar-refractivity contribution in [1.82, 2.24) is 15.5 Å². The van der Waals surface area contributed by atoms with E-state index >= 15 is 4.79 Å². The maximum absolute atomic E-state index is 15.0. The highest BCUT2D eigenvalue weighted by atomic mass is 16.5. The molecule has 282 valence electrons. The van der Waals surface area contributed by atoms with E-state index in [0.717, 1.165) is 20.8 Å². The molecule has 0 bridgehead atoms. The Balaban J connectivity index is 2.04. The van der Waals surface area contributed by atoms with Gasteiger partial charge in [-0.1, -0.05) is 0 Å². The second kappa shape index (κ2) is 14.6. The second-order valence-electron chi connectivity index (χ2n) is 15.1. The molecule has 15 heteroatoms. The number of benzene rings is 1. The molecule has 0 heterocycles. The molecule has 0 fully saturated rings. The number of carbonyl (C=O) groups excluding carboxylic acids is 7. The van der Waals surface area contributed by atoms with Gasteiger partial charge in [0.25, 0.3) is 5.91 Å². The lowest BCUT2D eigenvalue weighted by Gasteiger charge is -2.52. The number of likely N-dealkylation sites (N-methyl/N-ethyl adjacent to an activating group) is 1. The molecule has 3 aliphatic carbocycles. The molecular formula is C37H49N5O10. The number of nitrogens with one attached hydrogen (secondary N) is 3. The Kier molecular flexibility index (Phi) is 11.2. The summed E-state index contributed by atoms with van der Waals surface area (Å²) < 4.78 is 17.3. The van der Waals surface area contributed by atoms with Crippen molar-refractivity contribution in [2.24, 2.45) is 17.3 Å². The van der Waals surface area contributed by atoms with Gasteiger partial charge in [-0.25, -0.2) is 0 Å². The van der Waals surface area contributed by atoms with E-state index in [9.17, 15) is 28.8 Å². The molecule has 0 saturated carbocycles. The number of imide groups is 1. The third-order valence-electron chi connectivity index (χ3n) is 9.60.